The van der Waals surface area contributed by atoms with Crippen molar-refractivity contribution in [1.82, 2.24) is 4.90 Å². The first-order chi connectivity index (χ1) is 6.65. The summed E-state index contributed by atoms with van der Waals surface area (Å²) < 4.78 is 0. The second-order valence-electron chi connectivity index (χ2n) is 3.59. The maximum atomic E-state index is 11.3. The lowest BCUT2D eigenvalue weighted by molar-refractivity contribution is -0.124. The molecule has 0 bridgehead atoms. The lowest BCUT2D eigenvalue weighted by Gasteiger charge is -2.28. The van der Waals surface area contributed by atoms with Gasteiger partial charge in [-0.3, -0.25) is 10.2 Å². The summed E-state index contributed by atoms with van der Waals surface area (Å²) in [5, 5.41) is 5.86. The average Bonchev–Trinajstić information content (AvgIpc) is 2.18. The molecule has 1 saturated heterocycles. The van der Waals surface area contributed by atoms with Crippen molar-refractivity contribution in [2.75, 3.05) is 20.1 Å². The smallest absolute Gasteiger partial charge is 0.136 e. The molecule has 0 aromatic heterocycles. The van der Waals surface area contributed by atoms with E-state index in [9.17, 15) is 4.79 Å². The molecule has 1 rings (SSSR count). The van der Waals surface area contributed by atoms with Crippen LogP contribution >= 0.6 is 0 Å². The maximum absolute atomic E-state index is 11.3. The zero-order valence-electron chi connectivity index (χ0n) is 9.12. The van der Waals surface area contributed by atoms with E-state index in [1.807, 2.05) is 6.92 Å². The summed E-state index contributed by atoms with van der Waals surface area (Å²) >= 11 is 0. The molecule has 1 atom stereocenters. The van der Waals surface area contributed by atoms with Crippen LogP contribution in [0.25, 0.3) is 0 Å². The van der Waals surface area contributed by atoms with Gasteiger partial charge in [-0.2, -0.15) is 0 Å². The van der Waals surface area contributed by atoms with E-state index in [1.165, 1.54) is 6.42 Å². The third-order valence-corrected chi connectivity index (χ3v) is 2.43. The van der Waals surface area contributed by atoms with Gasteiger partial charge in [-0.05, 0) is 26.4 Å². The molecule has 0 spiro atoms. The van der Waals surface area contributed by atoms with Gasteiger partial charge in [0.05, 0.1) is 6.34 Å². The van der Waals surface area contributed by atoms with Crippen LogP contribution in [0.2, 0.25) is 0 Å². The average molecular weight is 199 g/mol. The molecule has 1 aliphatic heterocycles. The molecule has 3 N–H and O–H groups in total. The van der Waals surface area contributed by atoms with Crippen LogP contribution in [0.15, 0.2) is 0 Å². The molecule has 4 nitrogen and oxygen atoms in total. The van der Waals surface area contributed by atoms with Crippen LogP contribution in [0, 0.1) is 11.3 Å². The predicted octanol–water partition coefficient (Wildman–Crippen LogP) is 0.859. The second-order valence-corrected chi connectivity index (χ2v) is 3.59. The van der Waals surface area contributed by atoms with Gasteiger partial charge < -0.3 is 10.6 Å². The van der Waals surface area contributed by atoms with Crippen molar-refractivity contribution >= 4 is 12.1 Å². The maximum Gasteiger partial charge on any atom is 0.136 e. The van der Waals surface area contributed by atoms with E-state index in [0.29, 0.717) is 18.1 Å². The van der Waals surface area contributed by atoms with Crippen molar-refractivity contribution in [3.05, 3.63) is 0 Å². The Morgan fingerprint density at radius 3 is 2.71 bits per heavy atom. The molecule has 1 unspecified atom stereocenters. The summed E-state index contributed by atoms with van der Waals surface area (Å²) in [4.78, 5) is 13.5. The second kappa shape index (κ2) is 7.50. The van der Waals surface area contributed by atoms with Gasteiger partial charge >= 0.3 is 0 Å². The number of carbonyl (C=O) groups is 1. The highest BCUT2D eigenvalue weighted by atomic mass is 16.1. The van der Waals surface area contributed by atoms with Gasteiger partial charge in [0.15, 0.2) is 0 Å². The number of hydrogen-bond donors (Lipinski definition) is 2. The zero-order valence-corrected chi connectivity index (χ0v) is 9.12. The molecule has 14 heavy (non-hydrogen) atoms. The van der Waals surface area contributed by atoms with Gasteiger partial charge in [0.2, 0.25) is 0 Å². The van der Waals surface area contributed by atoms with Crippen LogP contribution in [0.5, 0.6) is 0 Å². The van der Waals surface area contributed by atoms with Gasteiger partial charge in [0.25, 0.3) is 0 Å². The largest absolute Gasteiger partial charge is 0.390 e. The number of nitrogens with zero attached hydrogens (tertiary/aromatic N) is 1. The number of Topliss-reactive ketones (excluding diaryl/α,β-unsaturated/α-hetero) is 1. The van der Waals surface area contributed by atoms with E-state index in [2.05, 4.69) is 17.7 Å². The molecular formula is C10H21N3O. The van der Waals surface area contributed by atoms with Gasteiger partial charge in [0.1, 0.15) is 5.78 Å². The summed E-state index contributed by atoms with van der Waals surface area (Å²) in [6, 6.07) is 0. The molecule has 82 valence electrons. The lowest BCUT2D eigenvalue weighted by Crippen LogP contribution is -2.35. The fraction of sp³-hybridized carbons (Fsp3) is 0.800. The third kappa shape index (κ3) is 4.97. The van der Waals surface area contributed by atoms with Crippen molar-refractivity contribution in [2.24, 2.45) is 11.7 Å². The minimum absolute atomic E-state index is 0.332. The molecule has 0 radical (unpaired) electrons. The third-order valence-electron chi connectivity index (χ3n) is 2.43. The molecular weight excluding hydrogens is 178 g/mol. The Morgan fingerprint density at radius 1 is 1.71 bits per heavy atom. The van der Waals surface area contributed by atoms with Gasteiger partial charge in [-0.25, -0.2) is 0 Å². The Kier molecular flexibility index (Phi) is 7.02. The highest BCUT2D eigenvalue weighted by molar-refractivity contribution is 5.80. The first-order valence-corrected chi connectivity index (χ1v) is 5.07. The quantitative estimate of drug-likeness (QED) is 0.512. The summed E-state index contributed by atoms with van der Waals surface area (Å²) in [5.41, 5.74) is 4.39. The first kappa shape index (κ1) is 13.1. The number of hydrogen-bond acceptors (Lipinski definition) is 3. The molecule has 4 heteroatoms. The highest BCUT2D eigenvalue weighted by Crippen LogP contribution is 2.16. The molecule has 1 heterocycles. The van der Waals surface area contributed by atoms with E-state index in [0.717, 1.165) is 25.8 Å². The number of carbonyl (C=O) groups excluding carboxylic acids is 1. The van der Waals surface area contributed by atoms with Crippen molar-refractivity contribution in [2.45, 2.75) is 26.2 Å². The Bertz CT molecular complexity index is 182. The van der Waals surface area contributed by atoms with Crippen LogP contribution in [-0.4, -0.2) is 37.2 Å². The monoisotopic (exact) mass is 199 g/mol. The SMILES string of the molecule is CCC(=O)C1CCCN(C)C1.N=CN. The van der Waals surface area contributed by atoms with Crippen molar-refractivity contribution in [3.8, 4) is 0 Å². The number of ketones is 1. The molecule has 0 aliphatic carbocycles. The Labute approximate surface area is 86.0 Å². The van der Waals surface area contributed by atoms with Crippen LogP contribution in [0.3, 0.4) is 0 Å². The Hall–Kier alpha value is -0.900. The molecule has 0 aromatic rings. The summed E-state index contributed by atoms with van der Waals surface area (Å²) in [6.45, 7) is 4.09. The zero-order chi connectivity index (χ0) is 11.0. The number of piperidine rings is 1. The standard InChI is InChI=1S/C9H17NO.CH4N2/c1-3-9(11)8-5-4-6-10(2)7-8;2-1-3/h8H,3-7H2,1-2H3;1H,(H3,2,3). The summed E-state index contributed by atoms with van der Waals surface area (Å²) in [6.07, 6.45) is 3.75. The van der Waals surface area contributed by atoms with Gasteiger partial charge in [-0.15, -0.1) is 0 Å². The highest BCUT2D eigenvalue weighted by Gasteiger charge is 2.21. The van der Waals surface area contributed by atoms with Crippen LogP contribution < -0.4 is 5.73 Å². The lowest BCUT2D eigenvalue weighted by atomic mass is 9.93. The van der Waals surface area contributed by atoms with E-state index in [1.54, 1.807) is 0 Å². The molecule has 0 aromatic carbocycles. The van der Waals surface area contributed by atoms with E-state index < -0.39 is 0 Å². The summed E-state index contributed by atoms with van der Waals surface area (Å²) in [5.74, 6) is 0.773. The van der Waals surface area contributed by atoms with Crippen molar-refractivity contribution in [1.29, 1.82) is 5.41 Å². The molecule has 1 fully saturated rings. The number of nitrogens with one attached hydrogen (secondary N) is 1. The molecule has 1 aliphatic rings. The fourth-order valence-corrected chi connectivity index (χ4v) is 1.72. The summed E-state index contributed by atoms with van der Waals surface area (Å²) in [7, 11) is 2.09. The van der Waals surface area contributed by atoms with E-state index in [-0.39, 0.29) is 0 Å². The number of nitrogens with two attached hydrogens (primary N) is 1. The first-order valence-electron chi connectivity index (χ1n) is 5.07. The van der Waals surface area contributed by atoms with Crippen LogP contribution in [0.1, 0.15) is 26.2 Å². The predicted molar refractivity (Wildman–Crippen MR) is 58.5 cm³/mol. The number of likely N-dealkylation sites (tertiary alicyclic amines) is 1. The van der Waals surface area contributed by atoms with Gasteiger partial charge in [-0.1, -0.05) is 6.92 Å². The molecule has 0 saturated carbocycles. The Morgan fingerprint density at radius 2 is 2.29 bits per heavy atom. The van der Waals surface area contributed by atoms with Crippen LogP contribution in [-0.2, 0) is 4.79 Å². The topological polar surface area (TPSA) is 70.2 Å². The van der Waals surface area contributed by atoms with E-state index >= 15 is 0 Å². The fourth-order valence-electron chi connectivity index (χ4n) is 1.72. The Balaban J connectivity index is 0.000000500. The minimum atomic E-state index is 0.332. The molecule has 0 amide bonds. The van der Waals surface area contributed by atoms with Gasteiger partial charge in [0, 0.05) is 18.9 Å². The van der Waals surface area contributed by atoms with Crippen LogP contribution in [0.4, 0.5) is 0 Å². The minimum Gasteiger partial charge on any atom is -0.390 e. The number of rotatable bonds is 2. The van der Waals surface area contributed by atoms with E-state index in [4.69, 9.17) is 5.41 Å². The van der Waals surface area contributed by atoms with Crippen molar-refractivity contribution in [3.63, 3.8) is 0 Å². The normalized spacial score (nSPS) is 22.0. The van der Waals surface area contributed by atoms with Crippen molar-refractivity contribution < 1.29 is 4.79 Å².